The number of ether oxygens (including phenoxy) is 1. The second-order valence-electron chi connectivity index (χ2n) is 5.22. The largest absolute Gasteiger partial charge is 0.490 e. The number of guanidine groups is 1. The molecule has 1 aromatic carbocycles. The van der Waals surface area contributed by atoms with Crippen molar-refractivity contribution in [1.29, 1.82) is 0 Å². The summed E-state index contributed by atoms with van der Waals surface area (Å²) >= 11 is 5.93. The highest BCUT2D eigenvalue weighted by Gasteiger charge is 2.07. The number of nitrogens with one attached hydrogen (secondary N) is 2. The number of aromatic nitrogens is 1. The molecule has 6 heteroatoms. The summed E-state index contributed by atoms with van der Waals surface area (Å²) in [6.45, 7) is 5.97. The van der Waals surface area contributed by atoms with Crippen molar-refractivity contribution in [2.24, 2.45) is 4.99 Å². The molecule has 0 aliphatic heterocycles. The van der Waals surface area contributed by atoms with Crippen LogP contribution in [0.1, 0.15) is 25.5 Å². The average molecular weight is 347 g/mol. The minimum atomic E-state index is 0.124. The highest BCUT2D eigenvalue weighted by Crippen LogP contribution is 2.15. The summed E-state index contributed by atoms with van der Waals surface area (Å²) in [5.74, 6) is 1.51. The topological polar surface area (TPSA) is 58.5 Å². The Kier molecular flexibility index (Phi) is 7.36. The Bertz CT molecular complexity index is 631. The zero-order valence-corrected chi connectivity index (χ0v) is 14.8. The van der Waals surface area contributed by atoms with E-state index in [1.54, 1.807) is 12.4 Å². The molecular formula is C18H23ClN4O. The second-order valence-corrected chi connectivity index (χ2v) is 5.65. The Labute approximate surface area is 148 Å². The summed E-state index contributed by atoms with van der Waals surface area (Å²) in [7, 11) is 0. The van der Waals surface area contributed by atoms with Crippen LogP contribution in [0.15, 0.2) is 53.8 Å². The van der Waals surface area contributed by atoms with Crippen molar-refractivity contribution in [3.63, 3.8) is 0 Å². The lowest BCUT2D eigenvalue weighted by Gasteiger charge is -2.18. The minimum Gasteiger partial charge on any atom is -0.490 e. The Morgan fingerprint density at radius 1 is 1.29 bits per heavy atom. The first-order valence-electron chi connectivity index (χ1n) is 8.02. The van der Waals surface area contributed by atoms with Gasteiger partial charge in [-0.05, 0) is 43.7 Å². The molecule has 1 atom stereocenters. The van der Waals surface area contributed by atoms with Gasteiger partial charge >= 0.3 is 0 Å². The molecule has 0 bridgehead atoms. The summed E-state index contributed by atoms with van der Waals surface area (Å²) in [6.07, 6.45) is 3.41. The molecule has 24 heavy (non-hydrogen) atoms. The third kappa shape index (κ3) is 6.08. The van der Waals surface area contributed by atoms with Crippen LogP contribution < -0.4 is 15.4 Å². The summed E-state index contributed by atoms with van der Waals surface area (Å²) in [4.78, 5) is 8.55. The van der Waals surface area contributed by atoms with Crippen LogP contribution in [0.3, 0.4) is 0 Å². The smallest absolute Gasteiger partial charge is 0.191 e. The maximum atomic E-state index is 5.93. The van der Waals surface area contributed by atoms with E-state index in [4.69, 9.17) is 16.3 Å². The number of nitrogens with zero attached hydrogens (tertiary/aromatic N) is 2. The van der Waals surface area contributed by atoms with Gasteiger partial charge in [0.05, 0.1) is 18.8 Å². The van der Waals surface area contributed by atoms with Crippen LogP contribution in [-0.4, -0.2) is 30.6 Å². The van der Waals surface area contributed by atoms with E-state index in [2.05, 4.69) is 27.5 Å². The van der Waals surface area contributed by atoms with E-state index in [0.29, 0.717) is 13.2 Å². The first kappa shape index (κ1) is 18.1. The minimum absolute atomic E-state index is 0.124. The lowest BCUT2D eigenvalue weighted by Crippen LogP contribution is -2.39. The van der Waals surface area contributed by atoms with Gasteiger partial charge in [-0.25, -0.2) is 4.99 Å². The number of halogens is 1. The molecular weight excluding hydrogens is 324 g/mol. The molecule has 0 radical (unpaired) electrons. The summed E-state index contributed by atoms with van der Waals surface area (Å²) in [6, 6.07) is 11.6. The highest BCUT2D eigenvalue weighted by molar-refractivity contribution is 6.30. The van der Waals surface area contributed by atoms with Crippen LogP contribution >= 0.6 is 11.6 Å². The molecule has 2 rings (SSSR count). The van der Waals surface area contributed by atoms with Crippen molar-refractivity contribution < 1.29 is 4.74 Å². The summed E-state index contributed by atoms with van der Waals surface area (Å²) in [5, 5.41) is 7.35. The number of rotatable bonds is 7. The van der Waals surface area contributed by atoms with E-state index >= 15 is 0 Å². The van der Waals surface area contributed by atoms with Crippen LogP contribution in [0.5, 0.6) is 5.75 Å². The lowest BCUT2D eigenvalue weighted by atomic mass is 10.1. The Balaban J connectivity index is 1.86. The van der Waals surface area contributed by atoms with E-state index in [1.165, 1.54) is 0 Å². The summed E-state index contributed by atoms with van der Waals surface area (Å²) < 4.78 is 5.60. The van der Waals surface area contributed by atoms with Gasteiger partial charge < -0.3 is 15.4 Å². The van der Waals surface area contributed by atoms with Gasteiger partial charge in [0, 0.05) is 17.8 Å². The zero-order valence-electron chi connectivity index (χ0n) is 14.0. The van der Waals surface area contributed by atoms with Gasteiger partial charge in [-0.15, -0.1) is 0 Å². The quantitative estimate of drug-likeness (QED) is 0.458. The molecule has 128 valence electrons. The second kappa shape index (κ2) is 9.78. The molecule has 0 saturated heterocycles. The number of hydrogen-bond acceptors (Lipinski definition) is 3. The maximum absolute atomic E-state index is 5.93. The normalized spacial score (nSPS) is 12.5. The molecule has 2 aromatic rings. The van der Waals surface area contributed by atoms with Gasteiger partial charge in [0.25, 0.3) is 0 Å². The zero-order chi connectivity index (χ0) is 17.2. The van der Waals surface area contributed by atoms with Crippen molar-refractivity contribution in [3.8, 4) is 5.75 Å². The average Bonchev–Trinajstić information content (AvgIpc) is 2.60. The fourth-order valence-electron chi connectivity index (χ4n) is 2.11. The molecule has 1 heterocycles. The van der Waals surface area contributed by atoms with Gasteiger partial charge in [0.15, 0.2) is 5.96 Å². The van der Waals surface area contributed by atoms with Crippen molar-refractivity contribution in [1.82, 2.24) is 15.6 Å². The Hall–Kier alpha value is -2.27. The first-order chi connectivity index (χ1) is 11.7. The van der Waals surface area contributed by atoms with Crippen molar-refractivity contribution >= 4 is 17.6 Å². The first-order valence-corrected chi connectivity index (χ1v) is 8.40. The van der Waals surface area contributed by atoms with E-state index in [0.717, 1.165) is 28.8 Å². The number of hydrogen-bond donors (Lipinski definition) is 2. The van der Waals surface area contributed by atoms with E-state index in [9.17, 15) is 0 Å². The van der Waals surface area contributed by atoms with E-state index < -0.39 is 0 Å². The Morgan fingerprint density at radius 2 is 2.08 bits per heavy atom. The van der Waals surface area contributed by atoms with Gasteiger partial charge in [0.1, 0.15) is 12.4 Å². The van der Waals surface area contributed by atoms with Gasteiger partial charge in [0.2, 0.25) is 0 Å². The molecule has 0 aliphatic rings. The number of aliphatic imine (C=N–C) groups is 1. The molecule has 0 amide bonds. The SMILES string of the molecule is CCNC(=NCCOc1cccnc1)NC(C)c1ccc(Cl)cc1. The molecule has 5 nitrogen and oxygen atoms in total. The van der Waals surface area contributed by atoms with E-state index in [1.807, 2.05) is 43.3 Å². The van der Waals surface area contributed by atoms with Crippen LogP contribution in [0.25, 0.3) is 0 Å². The van der Waals surface area contributed by atoms with Crippen molar-refractivity contribution in [3.05, 3.63) is 59.4 Å². The van der Waals surface area contributed by atoms with Crippen LogP contribution in [-0.2, 0) is 0 Å². The predicted molar refractivity (Wildman–Crippen MR) is 98.7 cm³/mol. The molecule has 0 aliphatic carbocycles. The lowest BCUT2D eigenvalue weighted by molar-refractivity contribution is 0.327. The highest BCUT2D eigenvalue weighted by atomic mass is 35.5. The molecule has 0 fully saturated rings. The van der Waals surface area contributed by atoms with Crippen LogP contribution in [0.4, 0.5) is 0 Å². The molecule has 2 N–H and O–H groups in total. The maximum Gasteiger partial charge on any atom is 0.191 e. The standard InChI is InChI=1S/C18H23ClN4O/c1-3-21-18(22-11-12-24-17-5-4-10-20-13-17)23-14(2)15-6-8-16(19)9-7-15/h4-10,13-14H,3,11-12H2,1-2H3,(H2,21,22,23). The predicted octanol–water partition coefficient (Wildman–Crippen LogP) is 3.43. The van der Waals surface area contributed by atoms with Crippen LogP contribution in [0.2, 0.25) is 5.02 Å². The number of benzene rings is 1. The molecule has 0 spiro atoms. The molecule has 1 unspecified atom stereocenters. The third-order valence-electron chi connectivity index (χ3n) is 3.33. The van der Waals surface area contributed by atoms with Crippen molar-refractivity contribution in [2.45, 2.75) is 19.9 Å². The third-order valence-corrected chi connectivity index (χ3v) is 3.58. The van der Waals surface area contributed by atoms with E-state index in [-0.39, 0.29) is 6.04 Å². The number of pyridine rings is 1. The van der Waals surface area contributed by atoms with Gasteiger partial charge in [-0.2, -0.15) is 0 Å². The van der Waals surface area contributed by atoms with Gasteiger partial charge in [-0.1, -0.05) is 23.7 Å². The monoisotopic (exact) mass is 346 g/mol. The fourth-order valence-corrected chi connectivity index (χ4v) is 2.24. The molecule has 1 aromatic heterocycles. The summed E-state index contributed by atoms with van der Waals surface area (Å²) in [5.41, 5.74) is 1.15. The Morgan fingerprint density at radius 3 is 2.75 bits per heavy atom. The van der Waals surface area contributed by atoms with Gasteiger partial charge in [-0.3, -0.25) is 4.98 Å². The van der Waals surface area contributed by atoms with Crippen LogP contribution in [0, 0.1) is 0 Å². The fraction of sp³-hybridized carbons (Fsp3) is 0.333. The van der Waals surface area contributed by atoms with Crippen molar-refractivity contribution in [2.75, 3.05) is 19.7 Å². The molecule has 0 saturated carbocycles.